The van der Waals surface area contributed by atoms with Gasteiger partial charge in [0.2, 0.25) is 6.41 Å². The van der Waals surface area contributed by atoms with Crippen LogP contribution in [0.4, 0.5) is 4.39 Å². The first kappa shape index (κ1) is 25.9. The average molecular weight is 417 g/mol. The van der Waals surface area contributed by atoms with Gasteiger partial charge in [-0.3, -0.25) is 24.3 Å². The molecule has 2 N–H and O–H groups in total. The molecule has 0 aliphatic rings. The fourth-order valence-corrected chi connectivity index (χ4v) is 2.63. The molecule has 0 aromatic carbocycles. The lowest BCUT2D eigenvalue weighted by atomic mass is 10.1. The number of fused-ring (bicyclic) bond motifs is 1. The Balaban J connectivity index is 0.000000449. The molecule has 28 heavy (non-hydrogen) atoms. The number of carboxylic acid groups (broad SMARTS) is 1. The highest BCUT2D eigenvalue weighted by molar-refractivity contribution is 7.17. The predicted octanol–water partition coefficient (Wildman–Crippen LogP) is 3.35. The summed E-state index contributed by atoms with van der Waals surface area (Å²) in [6, 6.07) is 2.84. The lowest BCUT2D eigenvalue weighted by molar-refractivity contribution is -0.140. The van der Waals surface area contributed by atoms with Crippen LogP contribution >= 0.6 is 11.3 Å². The minimum atomic E-state index is -1.18. The summed E-state index contributed by atoms with van der Waals surface area (Å²) in [5.74, 6) is -1.11. The van der Waals surface area contributed by atoms with Crippen molar-refractivity contribution >= 4 is 39.7 Å². The van der Waals surface area contributed by atoms with E-state index >= 15 is 0 Å². The number of nitrogens with zero attached hydrogens (tertiary/aromatic N) is 1. The van der Waals surface area contributed by atoms with Gasteiger partial charge in [0.25, 0.3) is 0 Å². The van der Waals surface area contributed by atoms with Gasteiger partial charge in [0, 0.05) is 13.3 Å². The Hall–Kier alpha value is -2.10. The molecule has 2 atom stereocenters. The minimum absolute atomic E-state index is 0.448. The number of carboxylic acids is 1. The molecule has 0 aliphatic heterocycles. The van der Waals surface area contributed by atoms with E-state index in [1.165, 1.54) is 7.11 Å². The number of ketones is 1. The van der Waals surface area contributed by atoms with Crippen LogP contribution < -0.4 is 5.32 Å². The molecule has 0 amide bonds. The maximum absolute atomic E-state index is 12.0. The zero-order valence-corrected chi connectivity index (χ0v) is 17.7. The first-order chi connectivity index (χ1) is 13.2. The highest BCUT2D eigenvalue weighted by Gasteiger charge is 2.22. The first-order valence-electron chi connectivity index (χ1n) is 8.74. The third-order valence-electron chi connectivity index (χ3n) is 3.14. The predicted molar refractivity (Wildman–Crippen MR) is 109 cm³/mol. The van der Waals surface area contributed by atoms with Crippen LogP contribution in [0.3, 0.4) is 0 Å². The van der Waals surface area contributed by atoms with Gasteiger partial charge in [0.05, 0.1) is 22.7 Å². The van der Waals surface area contributed by atoms with Crippen LogP contribution in [0.5, 0.6) is 0 Å². The lowest BCUT2D eigenvalue weighted by Crippen LogP contribution is -2.44. The number of halogens is 1. The number of hydrogen-bond acceptors (Lipinski definition) is 6. The van der Waals surface area contributed by atoms with E-state index in [1.54, 1.807) is 29.0 Å². The topological polar surface area (TPSA) is 97.6 Å². The maximum atomic E-state index is 12.0. The molecule has 0 fully saturated rings. The van der Waals surface area contributed by atoms with E-state index in [-0.39, 0.29) is 0 Å². The number of methoxy groups -OCH3 is 1. The van der Waals surface area contributed by atoms with Crippen LogP contribution in [0, 0.1) is 5.92 Å². The number of Topliss-reactive ketones (excluding diaryl/α,β-unsaturated/α-hetero) is 1. The second-order valence-electron chi connectivity index (χ2n) is 6.53. The van der Waals surface area contributed by atoms with E-state index in [0.717, 1.165) is 22.5 Å². The van der Waals surface area contributed by atoms with Gasteiger partial charge in [0.15, 0.2) is 5.78 Å². The summed E-state index contributed by atoms with van der Waals surface area (Å²) in [5.41, 5.74) is 1.00. The normalized spacial score (nSPS) is 12.4. The van der Waals surface area contributed by atoms with Crippen molar-refractivity contribution in [3.63, 3.8) is 0 Å². The molecule has 7 nitrogen and oxygen atoms in total. The minimum Gasteiger partial charge on any atom is -0.481 e. The van der Waals surface area contributed by atoms with Crippen molar-refractivity contribution in [2.45, 2.75) is 46.4 Å². The SMILES string of the molecule is CC(C)C.COC(C)NC(CC(=O)O)C(=O)CF.O=Cn1ccc2sccc21. The standard InChI is InChI=1S/C8H14FNO4.C7H5NOS.C4H10/c1-5(14-2)10-6(3-8(12)13)7(11)4-9;9-5-8-3-1-7-6(8)2-4-10-7;1-4(2)3/h5-6,10H,3-4H2,1-2H3,(H,12,13);1-5H;4H,1-3H3. The third kappa shape index (κ3) is 10.3. The third-order valence-corrected chi connectivity index (χ3v) is 4.01. The highest BCUT2D eigenvalue weighted by Crippen LogP contribution is 2.20. The highest BCUT2D eigenvalue weighted by atomic mass is 32.1. The van der Waals surface area contributed by atoms with Crippen LogP contribution in [0.15, 0.2) is 23.7 Å². The van der Waals surface area contributed by atoms with Crippen molar-refractivity contribution in [2.75, 3.05) is 13.8 Å². The monoisotopic (exact) mass is 416 g/mol. The number of carbonyl (C=O) groups is 3. The molecule has 0 aliphatic carbocycles. The van der Waals surface area contributed by atoms with Gasteiger partial charge < -0.3 is 9.84 Å². The van der Waals surface area contributed by atoms with Crippen molar-refractivity contribution in [3.8, 4) is 0 Å². The van der Waals surface area contributed by atoms with Gasteiger partial charge in [-0.2, -0.15) is 0 Å². The molecule has 0 radical (unpaired) electrons. The summed E-state index contributed by atoms with van der Waals surface area (Å²) in [7, 11) is 1.40. The van der Waals surface area contributed by atoms with Crippen LogP contribution in [-0.4, -0.2) is 53.9 Å². The Labute approximate surface area is 168 Å². The summed E-state index contributed by atoms with van der Waals surface area (Å²) in [6.07, 6.45) is 1.65. The fraction of sp³-hybridized carbons (Fsp3) is 0.526. The maximum Gasteiger partial charge on any atom is 0.305 e. The number of aromatic nitrogens is 1. The molecule has 0 saturated carbocycles. The summed E-state index contributed by atoms with van der Waals surface area (Å²) in [6.45, 7) is 6.92. The van der Waals surface area contributed by atoms with Gasteiger partial charge in [-0.15, -0.1) is 11.3 Å². The Morgan fingerprint density at radius 2 is 1.93 bits per heavy atom. The zero-order valence-electron chi connectivity index (χ0n) is 16.8. The molecular formula is C19H29FN2O5S. The summed E-state index contributed by atoms with van der Waals surface area (Å²) < 4.78 is 19.5. The van der Waals surface area contributed by atoms with Crippen LogP contribution in [0.1, 0.15) is 34.1 Å². The molecule has 2 heterocycles. The van der Waals surface area contributed by atoms with Crippen molar-refractivity contribution in [2.24, 2.45) is 5.92 Å². The van der Waals surface area contributed by atoms with Gasteiger partial charge in [-0.05, 0) is 30.4 Å². The molecule has 158 valence electrons. The second kappa shape index (κ2) is 14.0. The van der Waals surface area contributed by atoms with Gasteiger partial charge in [0.1, 0.15) is 12.9 Å². The molecule has 0 spiro atoms. The van der Waals surface area contributed by atoms with Gasteiger partial charge >= 0.3 is 5.97 Å². The first-order valence-corrected chi connectivity index (χ1v) is 9.62. The van der Waals surface area contributed by atoms with Gasteiger partial charge in [-0.1, -0.05) is 20.8 Å². The summed E-state index contributed by atoms with van der Waals surface area (Å²) in [4.78, 5) is 31.6. The van der Waals surface area contributed by atoms with Crippen LogP contribution in [0.25, 0.3) is 10.2 Å². The second-order valence-corrected chi connectivity index (χ2v) is 7.47. The van der Waals surface area contributed by atoms with E-state index in [2.05, 4.69) is 26.1 Å². The lowest BCUT2D eigenvalue weighted by Gasteiger charge is -2.18. The number of carbonyl (C=O) groups excluding carboxylic acids is 2. The number of aliphatic carboxylic acids is 1. The smallest absolute Gasteiger partial charge is 0.305 e. The molecule has 9 heteroatoms. The Morgan fingerprint density at radius 1 is 1.32 bits per heavy atom. The Kier molecular flexibility index (Phi) is 12.9. The number of thiophene rings is 1. The van der Waals surface area contributed by atoms with Crippen LogP contribution in [0.2, 0.25) is 0 Å². The Bertz CT molecular complexity index is 726. The molecule has 2 aromatic heterocycles. The molecule has 2 unspecified atom stereocenters. The van der Waals surface area contributed by atoms with Crippen molar-refractivity contribution in [1.82, 2.24) is 9.88 Å². The zero-order chi connectivity index (χ0) is 21.7. The molecule has 2 rings (SSSR count). The number of alkyl halides is 1. The van der Waals surface area contributed by atoms with Crippen molar-refractivity contribution in [1.29, 1.82) is 0 Å². The van der Waals surface area contributed by atoms with Crippen molar-refractivity contribution in [3.05, 3.63) is 23.7 Å². The van der Waals surface area contributed by atoms with E-state index in [0.29, 0.717) is 0 Å². The summed E-state index contributed by atoms with van der Waals surface area (Å²) in [5, 5.41) is 13.0. The molecular weight excluding hydrogens is 387 g/mol. The van der Waals surface area contributed by atoms with E-state index in [9.17, 15) is 18.8 Å². The molecule has 2 aromatic rings. The van der Waals surface area contributed by atoms with E-state index in [4.69, 9.17) is 9.84 Å². The average Bonchev–Trinajstić information content (AvgIpc) is 3.23. The van der Waals surface area contributed by atoms with E-state index < -0.39 is 37.1 Å². The van der Waals surface area contributed by atoms with Gasteiger partial charge in [-0.25, -0.2) is 4.39 Å². The largest absolute Gasteiger partial charge is 0.481 e. The van der Waals surface area contributed by atoms with Crippen LogP contribution in [-0.2, 0) is 19.1 Å². The molecule has 0 saturated heterocycles. The number of hydrogen-bond donors (Lipinski definition) is 2. The fourth-order valence-electron chi connectivity index (χ4n) is 1.86. The molecule has 0 bridgehead atoms. The number of rotatable bonds is 8. The Morgan fingerprint density at radius 3 is 2.39 bits per heavy atom. The van der Waals surface area contributed by atoms with Crippen molar-refractivity contribution < 1.29 is 28.6 Å². The summed E-state index contributed by atoms with van der Waals surface area (Å²) >= 11 is 1.64. The number of ether oxygens (including phenoxy) is 1. The quantitative estimate of drug-likeness (QED) is 0.506. The van der Waals surface area contributed by atoms with E-state index in [1.807, 2.05) is 17.5 Å². The number of nitrogens with one attached hydrogen (secondary N) is 1.